The summed E-state index contributed by atoms with van der Waals surface area (Å²) < 4.78 is 26.0. The lowest BCUT2D eigenvalue weighted by molar-refractivity contribution is -0.139. The van der Waals surface area contributed by atoms with Crippen LogP contribution >= 0.6 is 0 Å². The summed E-state index contributed by atoms with van der Waals surface area (Å²) in [6, 6.07) is 0. The van der Waals surface area contributed by atoms with E-state index in [-0.39, 0.29) is 24.7 Å². The molecular formula is C12H22F2N2O. The van der Waals surface area contributed by atoms with Gasteiger partial charge >= 0.3 is 0 Å². The molecule has 0 aromatic heterocycles. The molecule has 2 N–H and O–H groups in total. The maximum absolute atomic E-state index is 13.0. The number of amides is 1. The molecular weight excluding hydrogens is 226 g/mol. The third-order valence-electron chi connectivity index (χ3n) is 3.39. The summed E-state index contributed by atoms with van der Waals surface area (Å²) >= 11 is 0. The molecule has 1 aliphatic carbocycles. The Bertz CT molecular complexity index is 249. The third kappa shape index (κ3) is 4.22. The molecule has 0 unspecified atom stereocenters. The van der Waals surface area contributed by atoms with Crippen molar-refractivity contribution >= 4 is 5.91 Å². The van der Waals surface area contributed by atoms with Crippen molar-refractivity contribution < 1.29 is 13.6 Å². The molecule has 0 radical (unpaired) electrons. The monoisotopic (exact) mass is 248 g/mol. The zero-order valence-corrected chi connectivity index (χ0v) is 10.4. The number of rotatable bonds is 5. The van der Waals surface area contributed by atoms with Gasteiger partial charge in [0.25, 0.3) is 0 Å². The summed E-state index contributed by atoms with van der Waals surface area (Å²) in [4.78, 5) is 13.8. The minimum atomic E-state index is -2.56. The average Bonchev–Trinajstić information content (AvgIpc) is 2.29. The number of hydrogen-bond acceptors (Lipinski definition) is 2. The number of hydrogen-bond donors (Lipinski definition) is 1. The normalized spacial score (nSPS) is 20.2. The van der Waals surface area contributed by atoms with Crippen LogP contribution in [0.5, 0.6) is 0 Å². The second-order valence-electron chi connectivity index (χ2n) is 4.69. The molecule has 0 aromatic carbocycles. The number of nitrogens with two attached hydrogens (primary N) is 1. The van der Waals surface area contributed by atoms with Gasteiger partial charge in [0.15, 0.2) is 0 Å². The number of alkyl halides is 2. The molecule has 17 heavy (non-hydrogen) atoms. The highest BCUT2D eigenvalue weighted by Crippen LogP contribution is 2.36. The maximum atomic E-state index is 13.0. The Balaban J connectivity index is 2.46. The van der Waals surface area contributed by atoms with E-state index >= 15 is 0 Å². The van der Waals surface area contributed by atoms with E-state index in [2.05, 4.69) is 0 Å². The quantitative estimate of drug-likeness (QED) is 0.809. The average molecular weight is 248 g/mol. The Hall–Kier alpha value is -0.710. The van der Waals surface area contributed by atoms with Crippen LogP contribution in [0.4, 0.5) is 8.78 Å². The summed E-state index contributed by atoms with van der Waals surface area (Å²) in [6.45, 7) is 3.73. The zero-order chi connectivity index (χ0) is 12.9. The summed E-state index contributed by atoms with van der Waals surface area (Å²) in [5, 5.41) is 0. The zero-order valence-electron chi connectivity index (χ0n) is 10.4. The van der Waals surface area contributed by atoms with Gasteiger partial charge in [0.05, 0.1) is 0 Å². The number of carbonyl (C=O) groups excluding carboxylic acids is 1. The van der Waals surface area contributed by atoms with Gasteiger partial charge in [-0.2, -0.15) is 0 Å². The van der Waals surface area contributed by atoms with Crippen molar-refractivity contribution in [3.63, 3.8) is 0 Å². The van der Waals surface area contributed by atoms with Gasteiger partial charge < -0.3 is 10.6 Å². The van der Waals surface area contributed by atoms with Crippen LogP contribution in [0.1, 0.15) is 39.0 Å². The van der Waals surface area contributed by atoms with Crippen molar-refractivity contribution in [2.75, 3.05) is 19.6 Å². The predicted molar refractivity (Wildman–Crippen MR) is 62.8 cm³/mol. The van der Waals surface area contributed by atoms with E-state index in [0.717, 1.165) is 6.42 Å². The molecule has 0 heterocycles. The van der Waals surface area contributed by atoms with Crippen molar-refractivity contribution in [1.82, 2.24) is 4.90 Å². The molecule has 1 amide bonds. The molecule has 0 aliphatic heterocycles. The SMILES string of the molecule is CCN(CCCN)C(=O)C1CCC(F)(F)CC1. The van der Waals surface area contributed by atoms with Crippen molar-refractivity contribution in [3.05, 3.63) is 0 Å². The molecule has 100 valence electrons. The summed E-state index contributed by atoms with van der Waals surface area (Å²) in [7, 11) is 0. The van der Waals surface area contributed by atoms with Gasteiger partial charge in [-0.15, -0.1) is 0 Å². The van der Waals surface area contributed by atoms with E-state index in [1.54, 1.807) is 4.90 Å². The van der Waals surface area contributed by atoms with Gasteiger partial charge in [-0.25, -0.2) is 8.78 Å². The topological polar surface area (TPSA) is 46.3 Å². The van der Waals surface area contributed by atoms with E-state index in [1.165, 1.54) is 0 Å². The molecule has 0 atom stereocenters. The van der Waals surface area contributed by atoms with Gasteiger partial charge in [0.2, 0.25) is 11.8 Å². The van der Waals surface area contributed by atoms with Crippen LogP contribution in [0, 0.1) is 5.92 Å². The van der Waals surface area contributed by atoms with Crippen LogP contribution in [0.3, 0.4) is 0 Å². The summed E-state index contributed by atoms with van der Waals surface area (Å²) in [6.07, 6.45) is 1.08. The van der Waals surface area contributed by atoms with E-state index in [1.807, 2.05) is 6.92 Å². The van der Waals surface area contributed by atoms with Crippen LogP contribution < -0.4 is 5.73 Å². The summed E-state index contributed by atoms with van der Waals surface area (Å²) in [5.41, 5.74) is 5.41. The minimum Gasteiger partial charge on any atom is -0.343 e. The van der Waals surface area contributed by atoms with Crippen molar-refractivity contribution in [2.45, 2.75) is 45.0 Å². The first-order chi connectivity index (χ1) is 8.00. The first-order valence-electron chi connectivity index (χ1n) is 6.37. The molecule has 0 aromatic rings. The van der Waals surface area contributed by atoms with Gasteiger partial charge in [-0.3, -0.25) is 4.79 Å². The fraction of sp³-hybridized carbons (Fsp3) is 0.917. The highest BCUT2D eigenvalue weighted by molar-refractivity contribution is 5.78. The Morgan fingerprint density at radius 3 is 2.47 bits per heavy atom. The predicted octanol–water partition coefficient (Wildman–Crippen LogP) is 2.01. The van der Waals surface area contributed by atoms with E-state index in [9.17, 15) is 13.6 Å². The highest BCUT2D eigenvalue weighted by atomic mass is 19.3. The van der Waals surface area contributed by atoms with Crippen molar-refractivity contribution in [1.29, 1.82) is 0 Å². The van der Waals surface area contributed by atoms with Crippen LogP contribution in [0.15, 0.2) is 0 Å². The smallest absolute Gasteiger partial charge is 0.248 e. The van der Waals surface area contributed by atoms with Crippen LogP contribution in [0.25, 0.3) is 0 Å². The van der Waals surface area contributed by atoms with Gasteiger partial charge in [0.1, 0.15) is 0 Å². The molecule has 1 fully saturated rings. The molecule has 1 aliphatic rings. The Morgan fingerprint density at radius 2 is 2.00 bits per heavy atom. The van der Waals surface area contributed by atoms with E-state index < -0.39 is 5.92 Å². The van der Waals surface area contributed by atoms with E-state index in [0.29, 0.717) is 32.5 Å². The highest BCUT2D eigenvalue weighted by Gasteiger charge is 2.38. The summed E-state index contributed by atoms with van der Waals surface area (Å²) in [5.74, 6) is -2.76. The minimum absolute atomic E-state index is 0.0245. The van der Waals surface area contributed by atoms with Crippen molar-refractivity contribution in [3.8, 4) is 0 Å². The maximum Gasteiger partial charge on any atom is 0.248 e. The molecule has 0 bridgehead atoms. The fourth-order valence-corrected chi connectivity index (χ4v) is 2.25. The number of nitrogens with zero attached hydrogens (tertiary/aromatic N) is 1. The molecule has 5 heteroatoms. The Morgan fingerprint density at radius 1 is 1.41 bits per heavy atom. The van der Waals surface area contributed by atoms with Crippen LogP contribution in [-0.2, 0) is 4.79 Å². The second-order valence-corrected chi connectivity index (χ2v) is 4.69. The molecule has 0 spiro atoms. The first kappa shape index (κ1) is 14.4. The third-order valence-corrected chi connectivity index (χ3v) is 3.39. The van der Waals surface area contributed by atoms with Gasteiger partial charge in [-0.1, -0.05) is 0 Å². The molecule has 1 saturated carbocycles. The largest absolute Gasteiger partial charge is 0.343 e. The lowest BCUT2D eigenvalue weighted by Crippen LogP contribution is -2.40. The van der Waals surface area contributed by atoms with Crippen LogP contribution in [0.2, 0.25) is 0 Å². The van der Waals surface area contributed by atoms with Gasteiger partial charge in [-0.05, 0) is 32.7 Å². The lowest BCUT2D eigenvalue weighted by Gasteiger charge is -2.31. The lowest BCUT2D eigenvalue weighted by atomic mass is 9.86. The Labute approximate surface area is 101 Å². The fourth-order valence-electron chi connectivity index (χ4n) is 2.25. The molecule has 3 nitrogen and oxygen atoms in total. The molecule has 1 rings (SSSR count). The first-order valence-corrected chi connectivity index (χ1v) is 6.37. The van der Waals surface area contributed by atoms with Crippen molar-refractivity contribution in [2.24, 2.45) is 11.7 Å². The number of halogens is 2. The van der Waals surface area contributed by atoms with Gasteiger partial charge in [0, 0.05) is 31.8 Å². The number of carbonyl (C=O) groups is 1. The standard InChI is InChI=1S/C12H22F2N2O/c1-2-16(9-3-8-15)11(17)10-4-6-12(13,14)7-5-10/h10H,2-9,15H2,1H3. The Kier molecular flexibility index (Phi) is 5.31. The van der Waals surface area contributed by atoms with E-state index in [4.69, 9.17) is 5.73 Å². The second kappa shape index (κ2) is 6.28. The van der Waals surface area contributed by atoms with Crippen LogP contribution in [-0.4, -0.2) is 36.4 Å². The molecule has 0 saturated heterocycles.